The Kier molecular flexibility index (Phi) is 3.84. The second kappa shape index (κ2) is 5.78. The van der Waals surface area contributed by atoms with Gasteiger partial charge in [-0.05, 0) is 42.3 Å². The fourth-order valence-electron chi connectivity index (χ4n) is 2.45. The highest BCUT2D eigenvalue weighted by molar-refractivity contribution is 6.30. The molecule has 0 amide bonds. The second-order valence-electron chi connectivity index (χ2n) is 5.07. The lowest BCUT2D eigenvalue weighted by atomic mass is 10.0. The van der Waals surface area contributed by atoms with Crippen LogP contribution in [0.25, 0.3) is 11.1 Å². The first kappa shape index (κ1) is 14.0. The van der Waals surface area contributed by atoms with Crippen LogP contribution in [0.15, 0.2) is 46.9 Å². The maximum atomic E-state index is 5.95. The largest absolute Gasteiger partial charge is 0.441 e. The Hall–Kier alpha value is -2.00. The number of nitrogens with one attached hydrogen (secondary N) is 1. The summed E-state index contributed by atoms with van der Waals surface area (Å²) in [6.45, 7) is 4.01. The van der Waals surface area contributed by atoms with Crippen molar-refractivity contribution in [2.45, 2.75) is 26.3 Å². The fourth-order valence-corrected chi connectivity index (χ4v) is 2.58. The molecule has 4 heteroatoms. The lowest BCUT2D eigenvalue weighted by Gasteiger charge is -2.18. The number of aryl methyl sites for hydroxylation is 1. The lowest BCUT2D eigenvalue weighted by molar-refractivity contribution is 0.561. The molecule has 0 aliphatic rings. The monoisotopic (exact) mass is 300 g/mol. The molecular formula is C17H17ClN2O. The van der Waals surface area contributed by atoms with Crippen LogP contribution in [0.4, 0.5) is 5.69 Å². The van der Waals surface area contributed by atoms with Crippen LogP contribution >= 0.6 is 11.6 Å². The molecule has 1 aromatic heterocycles. The Bertz CT molecular complexity index is 749. The molecular weight excluding hydrogens is 284 g/mol. The second-order valence-corrected chi connectivity index (χ2v) is 5.51. The van der Waals surface area contributed by atoms with Crippen molar-refractivity contribution in [2.75, 3.05) is 5.32 Å². The number of fused-ring (bicyclic) bond motifs is 1. The van der Waals surface area contributed by atoms with Crippen LogP contribution < -0.4 is 5.32 Å². The van der Waals surface area contributed by atoms with Crippen LogP contribution in [-0.4, -0.2) is 4.98 Å². The molecule has 1 atom stereocenters. The molecule has 1 N–H and O–H groups in total. The molecule has 1 heterocycles. The van der Waals surface area contributed by atoms with Gasteiger partial charge in [-0.25, -0.2) is 4.98 Å². The van der Waals surface area contributed by atoms with Crippen molar-refractivity contribution in [3.05, 3.63) is 58.9 Å². The zero-order chi connectivity index (χ0) is 14.8. The van der Waals surface area contributed by atoms with E-state index in [2.05, 4.69) is 29.4 Å². The summed E-state index contributed by atoms with van der Waals surface area (Å²) in [5.74, 6) is 0.687. The van der Waals surface area contributed by atoms with E-state index in [0.29, 0.717) is 5.89 Å². The summed E-state index contributed by atoms with van der Waals surface area (Å²) in [6, 6.07) is 14.2. The number of nitrogens with zero attached hydrogens (tertiary/aromatic N) is 1. The van der Waals surface area contributed by atoms with Crippen molar-refractivity contribution >= 4 is 28.4 Å². The quantitative estimate of drug-likeness (QED) is 0.705. The molecule has 1 unspecified atom stereocenters. The van der Waals surface area contributed by atoms with Crippen molar-refractivity contribution in [1.82, 2.24) is 4.98 Å². The van der Waals surface area contributed by atoms with Gasteiger partial charge in [-0.3, -0.25) is 0 Å². The summed E-state index contributed by atoms with van der Waals surface area (Å²) in [5, 5.41) is 4.30. The van der Waals surface area contributed by atoms with Gasteiger partial charge in [0.2, 0.25) is 0 Å². The molecule has 3 aromatic rings. The SMILES string of the molecule is CCC(Nc1ccc2oc(C)nc2c1)c1ccc(Cl)cc1. The maximum absolute atomic E-state index is 5.95. The number of oxazole rings is 1. The van der Waals surface area contributed by atoms with E-state index in [0.717, 1.165) is 28.2 Å². The Balaban J connectivity index is 1.86. The first-order chi connectivity index (χ1) is 10.2. The molecule has 0 spiro atoms. The number of benzene rings is 2. The zero-order valence-electron chi connectivity index (χ0n) is 12.1. The van der Waals surface area contributed by atoms with E-state index >= 15 is 0 Å². The average molecular weight is 301 g/mol. The minimum atomic E-state index is 0.243. The van der Waals surface area contributed by atoms with Crippen LogP contribution in [0.3, 0.4) is 0 Å². The van der Waals surface area contributed by atoms with E-state index in [4.69, 9.17) is 16.0 Å². The molecule has 21 heavy (non-hydrogen) atoms. The predicted molar refractivity (Wildman–Crippen MR) is 86.9 cm³/mol. The van der Waals surface area contributed by atoms with E-state index in [9.17, 15) is 0 Å². The minimum Gasteiger partial charge on any atom is -0.441 e. The first-order valence-corrected chi connectivity index (χ1v) is 7.42. The van der Waals surface area contributed by atoms with Crippen molar-refractivity contribution in [1.29, 1.82) is 0 Å². The van der Waals surface area contributed by atoms with Crippen LogP contribution in [0.1, 0.15) is 30.8 Å². The fraction of sp³-hybridized carbons (Fsp3) is 0.235. The standard InChI is InChI=1S/C17H17ClN2O/c1-3-15(12-4-6-13(18)7-5-12)20-14-8-9-17-16(10-14)19-11(2)21-17/h4-10,15,20H,3H2,1-2H3. The molecule has 108 valence electrons. The van der Waals surface area contributed by atoms with E-state index < -0.39 is 0 Å². The van der Waals surface area contributed by atoms with Gasteiger partial charge in [0.1, 0.15) is 5.52 Å². The Morgan fingerprint density at radius 1 is 1.19 bits per heavy atom. The van der Waals surface area contributed by atoms with E-state index in [1.54, 1.807) is 0 Å². The maximum Gasteiger partial charge on any atom is 0.192 e. The number of rotatable bonds is 4. The molecule has 3 nitrogen and oxygen atoms in total. The van der Waals surface area contributed by atoms with Gasteiger partial charge in [-0.15, -0.1) is 0 Å². The van der Waals surface area contributed by atoms with Gasteiger partial charge in [0.15, 0.2) is 11.5 Å². The molecule has 0 radical (unpaired) electrons. The Morgan fingerprint density at radius 2 is 1.95 bits per heavy atom. The summed E-state index contributed by atoms with van der Waals surface area (Å²) in [6.07, 6.45) is 0.984. The molecule has 0 saturated heterocycles. The number of hydrogen-bond donors (Lipinski definition) is 1. The first-order valence-electron chi connectivity index (χ1n) is 7.05. The molecule has 0 saturated carbocycles. The summed E-state index contributed by atoms with van der Waals surface area (Å²) in [7, 11) is 0. The highest BCUT2D eigenvalue weighted by Gasteiger charge is 2.10. The van der Waals surface area contributed by atoms with E-state index in [1.165, 1.54) is 5.56 Å². The third kappa shape index (κ3) is 3.03. The summed E-state index contributed by atoms with van der Waals surface area (Å²) in [5.41, 5.74) is 3.96. The smallest absolute Gasteiger partial charge is 0.192 e. The summed E-state index contributed by atoms with van der Waals surface area (Å²) < 4.78 is 5.50. The molecule has 3 rings (SSSR count). The number of aromatic nitrogens is 1. The number of hydrogen-bond acceptors (Lipinski definition) is 3. The van der Waals surface area contributed by atoms with Gasteiger partial charge >= 0.3 is 0 Å². The third-order valence-electron chi connectivity index (χ3n) is 3.52. The van der Waals surface area contributed by atoms with Gasteiger partial charge in [-0.1, -0.05) is 30.7 Å². The molecule has 0 fully saturated rings. The van der Waals surface area contributed by atoms with Crippen molar-refractivity contribution in [3.63, 3.8) is 0 Å². The molecule has 0 aliphatic carbocycles. The van der Waals surface area contributed by atoms with Gasteiger partial charge in [0.25, 0.3) is 0 Å². The summed E-state index contributed by atoms with van der Waals surface area (Å²) in [4.78, 5) is 4.37. The normalized spacial score (nSPS) is 12.5. The molecule has 2 aromatic carbocycles. The molecule has 0 aliphatic heterocycles. The van der Waals surface area contributed by atoms with Crippen LogP contribution in [0.2, 0.25) is 5.02 Å². The number of anilines is 1. The topological polar surface area (TPSA) is 38.1 Å². The van der Waals surface area contributed by atoms with E-state index in [1.807, 2.05) is 37.3 Å². The Morgan fingerprint density at radius 3 is 2.67 bits per heavy atom. The predicted octanol–water partition coefficient (Wildman–Crippen LogP) is 5.35. The van der Waals surface area contributed by atoms with Gasteiger partial charge in [0, 0.05) is 17.6 Å². The number of halogens is 1. The van der Waals surface area contributed by atoms with Crippen molar-refractivity contribution < 1.29 is 4.42 Å². The van der Waals surface area contributed by atoms with Gasteiger partial charge in [-0.2, -0.15) is 0 Å². The van der Waals surface area contributed by atoms with Crippen LogP contribution in [0.5, 0.6) is 0 Å². The van der Waals surface area contributed by atoms with Gasteiger partial charge < -0.3 is 9.73 Å². The van der Waals surface area contributed by atoms with Gasteiger partial charge in [0.05, 0.1) is 6.04 Å². The van der Waals surface area contributed by atoms with Crippen LogP contribution in [-0.2, 0) is 0 Å². The lowest BCUT2D eigenvalue weighted by Crippen LogP contribution is -2.09. The van der Waals surface area contributed by atoms with Crippen molar-refractivity contribution in [2.24, 2.45) is 0 Å². The zero-order valence-corrected chi connectivity index (χ0v) is 12.8. The molecule has 0 bridgehead atoms. The van der Waals surface area contributed by atoms with Crippen molar-refractivity contribution in [3.8, 4) is 0 Å². The third-order valence-corrected chi connectivity index (χ3v) is 3.77. The highest BCUT2D eigenvalue weighted by Crippen LogP contribution is 2.26. The van der Waals surface area contributed by atoms with E-state index in [-0.39, 0.29) is 6.04 Å². The summed E-state index contributed by atoms with van der Waals surface area (Å²) >= 11 is 5.95. The minimum absolute atomic E-state index is 0.243. The highest BCUT2D eigenvalue weighted by atomic mass is 35.5. The Labute approximate surface area is 128 Å². The van der Waals surface area contributed by atoms with Crippen LogP contribution in [0, 0.1) is 6.92 Å². The average Bonchev–Trinajstić information content (AvgIpc) is 2.85.